The normalized spacial score (nSPS) is 11.9. The van der Waals surface area contributed by atoms with Crippen LogP contribution in [0.1, 0.15) is 46.6 Å². The molecule has 0 saturated heterocycles. The standard InChI is InChI=1S/C14H24ClN3O2/c1-5-14(6-2,9-19)8-16-11-7-17-18(10(3)4)13(20)12(11)15/h7,10,16,19H,5-6,8-9H2,1-4H3. The fourth-order valence-electron chi connectivity index (χ4n) is 2.00. The highest BCUT2D eigenvalue weighted by atomic mass is 35.5. The van der Waals surface area contributed by atoms with E-state index in [4.69, 9.17) is 11.6 Å². The van der Waals surface area contributed by atoms with Crippen molar-refractivity contribution in [3.05, 3.63) is 21.6 Å². The van der Waals surface area contributed by atoms with Gasteiger partial charge in [0.15, 0.2) is 0 Å². The number of nitrogens with one attached hydrogen (secondary N) is 1. The SMILES string of the molecule is CCC(CC)(CO)CNc1cnn(C(C)C)c(=O)c1Cl. The van der Waals surface area contributed by atoms with E-state index in [0.717, 1.165) is 12.8 Å². The summed E-state index contributed by atoms with van der Waals surface area (Å²) in [6.45, 7) is 8.49. The van der Waals surface area contributed by atoms with Crippen LogP contribution in [0.15, 0.2) is 11.0 Å². The number of anilines is 1. The van der Waals surface area contributed by atoms with E-state index >= 15 is 0 Å². The van der Waals surface area contributed by atoms with Gasteiger partial charge in [0, 0.05) is 12.0 Å². The molecule has 1 aromatic rings. The third kappa shape index (κ3) is 3.52. The first-order chi connectivity index (χ1) is 9.40. The smallest absolute Gasteiger partial charge is 0.287 e. The number of nitrogens with zero attached hydrogens (tertiary/aromatic N) is 2. The van der Waals surface area contributed by atoms with Gasteiger partial charge in [-0.2, -0.15) is 5.10 Å². The highest BCUT2D eigenvalue weighted by Gasteiger charge is 2.25. The van der Waals surface area contributed by atoms with Crippen molar-refractivity contribution in [2.75, 3.05) is 18.5 Å². The Labute approximate surface area is 125 Å². The van der Waals surface area contributed by atoms with Crippen LogP contribution >= 0.6 is 11.6 Å². The molecule has 0 fully saturated rings. The molecule has 5 nitrogen and oxygen atoms in total. The number of rotatable bonds is 7. The first-order valence-electron chi connectivity index (χ1n) is 7.02. The lowest BCUT2D eigenvalue weighted by Crippen LogP contribution is -2.33. The van der Waals surface area contributed by atoms with Crippen molar-refractivity contribution in [3.63, 3.8) is 0 Å². The number of aliphatic hydroxyl groups excluding tert-OH is 1. The Kier molecular flexibility index (Phi) is 6.02. The van der Waals surface area contributed by atoms with Gasteiger partial charge < -0.3 is 10.4 Å². The van der Waals surface area contributed by atoms with E-state index in [2.05, 4.69) is 10.4 Å². The van der Waals surface area contributed by atoms with Crippen LogP contribution in [-0.2, 0) is 0 Å². The van der Waals surface area contributed by atoms with Crippen molar-refractivity contribution in [2.45, 2.75) is 46.6 Å². The zero-order valence-corrected chi connectivity index (χ0v) is 13.4. The Hall–Kier alpha value is -1.07. The minimum absolute atomic E-state index is 0.0307. The molecule has 2 N–H and O–H groups in total. The van der Waals surface area contributed by atoms with Crippen molar-refractivity contribution in [2.24, 2.45) is 5.41 Å². The van der Waals surface area contributed by atoms with E-state index in [-0.39, 0.29) is 28.6 Å². The Bertz CT molecular complexity index is 487. The molecule has 6 heteroatoms. The lowest BCUT2D eigenvalue weighted by molar-refractivity contribution is 0.127. The summed E-state index contributed by atoms with van der Waals surface area (Å²) in [5.41, 5.74) is 0.0264. The quantitative estimate of drug-likeness (QED) is 0.812. The molecule has 0 amide bonds. The number of hydrogen-bond donors (Lipinski definition) is 2. The van der Waals surface area contributed by atoms with Gasteiger partial charge in [-0.3, -0.25) is 4.79 Å². The molecule has 0 spiro atoms. The fourth-order valence-corrected chi connectivity index (χ4v) is 2.20. The summed E-state index contributed by atoms with van der Waals surface area (Å²) in [5, 5.41) is 16.9. The van der Waals surface area contributed by atoms with E-state index in [9.17, 15) is 9.90 Å². The summed E-state index contributed by atoms with van der Waals surface area (Å²) in [5.74, 6) is 0. The van der Waals surface area contributed by atoms with Gasteiger partial charge in [0.1, 0.15) is 5.02 Å². The van der Waals surface area contributed by atoms with Gasteiger partial charge in [-0.25, -0.2) is 4.68 Å². The predicted octanol–water partition coefficient (Wildman–Crippen LogP) is 2.69. The minimum Gasteiger partial charge on any atom is -0.396 e. The molecule has 0 aromatic carbocycles. The van der Waals surface area contributed by atoms with Crippen molar-refractivity contribution >= 4 is 17.3 Å². The van der Waals surface area contributed by atoms with Crippen molar-refractivity contribution in [3.8, 4) is 0 Å². The highest BCUT2D eigenvalue weighted by Crippen LogP contribution is 2.27. The molecule has 1 rings (SSSR count). The molecule has 0 radical (unpaired) electrons. The van der Waals surface area contributed by atoms with E-state index < -0.39 is 0 Å². The van der Waals surface area contributed by atoms with Crippen LogP contribution in [0.5, 0.6) is 0 Å². The minimum atomic E-state index is -0.297. The Balaban J connectivity index is 2.95. The Morgan fingerprint density at radius 2 is 2.05 bits per heavy atom. The molecule has 1 aromatic heterocycles. The number of halogens is 1. The second kappa shape index (κ2) is 7.09. The van der Waals surface area contributed by atoms with Crippen LogP contribution in [0, 0.1) is 5.41 Å². The third-order valence-electron chi connectivity index (χ3n) is 3.92. The predicted molar refractivity (Wildman–Crippen MR) is 82.5 cm³/mol. The first-order valence-corrected chi connectivity index (χ1v) is 7.40. The number of aromatic nitrogens is 2. The maximum atomic E-state index is 12.0. The van der Waals surface area contributed by atoms with Crippen molar-refractivity contribution in [1.29, 1.82) is 0 Å². The molecule has 0 atom stereocenters. The second-order valence-corrected chi connectivity index (χ2v) is 5.81. The number of aliphatic hydroxyl groups is 1. The van der Waals surface area contributed by atoms with Crippen molar-refractivity contribution < 1.29 is 5.11 Å². The van der Waals surface area contributed by atoms with Gasteiger partial charge in [0.25, 0.3) is 5.56 Å². The van der Waals surface area contributed by atoms with Crippen LogP contribution in [0.25, 0.3) is 0 Å². The maximum Gasteiger partial charge on any atom is 0.287 e. The lowest BCUT2D eigenvalue weighted by atomic mass is 9.83. The average molecular weight is 302 g/mol. The summed E-state index contributed by atoms with van der Waals surface area (Å²) in [6.07, 6.45) is 3.26. The molecule has 0 aliphatic rings. The van der Waals surface area contributed by atoms with Gasteiger partial charge >= 0.3 is 0 Å². The second-order valence-electron chi connectivity index (χ2n) is 5.43. The molecule has 1 heterocycles. The third-order valence-corrected chi connectivity index (χ3v) is 4.29. The molecular weight excluding hydrogens is 278 g/mol. The molecule has 114 valence electrons. The summed E-state index contributed by atoms with van der Waals surface area (Å²) in [4.78, 5) is 12.0. The van der Waals surface area contributed by atoms with Crippen LogP contribution in [0.3, 0.4) is 0 Å². The summed E-state index contributed by atoms with van der Waals surface area (Å²) >= 11 is 6.10. The largest absolute Gasteiger partial charge is 0.396 e. The molecule has 0 bridgehead atoms. The van der Waals surface area contributed by atoms with Crippen LogP contribution in [0.2, 0.25) is 5.02 Å². The van der Waals surface area contributed by atoms with Crippen LogP contribution in [0.4, 0.5) is 5.69 Å². The van der Waals surface area contributed by atoms with Gasteiger partial charge in [-0.05, 0) is 26.7 Å². The van der Waals surface area contributed by atoms with Gasteiger partial charge in [0.2, 0.25) is 0 Å². The first kappa shape index (κ1) is 17.0. The molecule has 0 saturated carbocycles. The van der Waals surface area contributed by atoms with E-state index in [1.807, 2.05) is 27.7 Å². The fraction of sp³-hybridized carbons (Fsp3) is 0.714. The van der Waals surface area contributed by atoms with Gasteiger partial charge in [-0.15, -0.1) is 0 Å². The topological polar surface area (TPSA) is 67.2 Å². The lowest BCUT2D eigenvalue weighted by Gasteiger charge is -2.30. The molecule has 20 heavy (non-hydrogen) atoms. The molecule has 0 aliphatic carbocycles. The highest BCUT2D eigenvalue weighted by molar-refractivity contribution is 6.32. The molecule has 0 unspecified atom stereocenters. The summed E-state index contributed by atoms with van der Waals surface area (Å²) in [7, 11) is 0. The summed E-state index contributed by atoms with van der Waals surface area (Å²) < 4.78 is 1.35. The van der Waals surface area contributed by atoms with Crippen molar-refractivity contribution in [1.82, 2.24) is 9.78 Å². The van der Waals surface area contributed by atoms with Crippen LogP contribution < -0.4 is 10.9 Å². The average Bonchev–Trinajstić information content (AvgIpc) is 2.44. The van der Waals surface area contributed by atoms with Gasteiger partial charge in [0.05, 0.1) is 24.5 Å². The van der Waals surface area contributed by atoms with E-state index in [1.54, 1.807) is 6.20 Å². The Morgan fingerprint density at radius 3 is 2.50 bits per heavy atom. The molecule has 0 aliphatic heterocycles. The zero-order valence-electron chi connectivity index (χ0n) is 12.6. The Morgan fingerprint density at radius 1 is 1.45 bits per heavy atom. The van der Waals surface area contributed by atoms with E-state index in [0.29, 0.717) is 12.2 Å². The zero-order chi connectivity index (χ0) is 15.3. The van der Waals surface area contributed by atoms with Crippen LogP contribution in [-0.4, -0.2) is 28.0 Å². The van der Waals surface area contributed by atoms with Gasteiger partial charge in [-0.1, -0.05) is 25.4 Å². The summed E-state index contributed by atoms with van der Waals surface area (Å²) in [6, 6.07) is -0.0307. The monoisotopic (exact) mass is 301 g/mol. The van der Waals surface area contributed by atoms with E-state index in [1.165, 1.54) is 4.68 Å². The maximum absolute atomic E-state index is 12.0. The molecular formula is C14H24ClN3O2. The number of hydrogen-bond acceptors (Lipinski definition) is 4.